The molecule has 1 amide bonds. The van der Waals surface area contributed by atoms with Crippen molar-refractivity contribution in [2.24, 2.45) is 0 Å². The molecule has 0 N–H and O–H groups in total. The van der Waals surface area contributed by atoms with Gasteiger partial charge in [0.15, 0.2) is 5.11 Å². The van der Waals surface area contributed by atoms with E-state index >= 15 is 0 Å². The lowest BCUT2D eigenvalue weighted by atomic mass is 10.1. The van der Waals surface area contributed by atoms with Crippen LogP contribution >= 0.6 is 12.2 Å². The van der Waals surface area contributed by atoms with E-state index in [0.29, 0.717) is 17.4 Å². The van der Waals surface area contributed by atoms with Gasteiger partial charge in [0.1, 0.15) is 11.4 Å². The molecule has 0 atom stereocenters. The molecule has 29 heavy (non-hydrogen) atoms. The highest BCUT2D eigenvalue weighted by Gasteiger charge is 2.36. The van der Waals surface area contributed by atoms with E-state index in [-0.39, 0.29) is 5.91 Å². The first-order valence-electron chi connectivity index (χ1n) is 9.91. The highest BCUT2D eigenvalue weighted by molar-refractivity contribution is 7.80. The van der Waals surface area contributed by atoms with Crippen LogP contribution in [0.15, 0.2) is 54.2 Å². The molecule has 0 spiro atoms. The number of anilines is 2. The number of carbonyl (C=O) groups excluding carboxylic acids is 1. The predicted octanol–water partition coefficient (Wildman–Crippen LogP) is 4.54. The Morgan fingerprint density at radius 1 is 1.00 bits per heavy atom. The quantitative estimate of drug-likeness (QED) is 0.496. The highest BCUT2D eigenvalue weighted by Crippen LogP contribution is 2.29. The summed E-state index contributed by atoms with van der Waals surface area (Å²) >= 11 is 5.54. The summed E-state index contributed by atoms with van der Waals surface area (Å²) in [6.07, 6.45) is 1.88. The fourth-order valence-electron chi connectivity index (χ4n) is 3.37. The van der Waals surface area contributed by atoms with Crippen LogP contribution in [-0.4, -0.2) is 42.7 Å². The fourth-order valence-corrected chi connectivity index (χ4v) is 3.66. The van der Waals surface area contributed by atoms with E-state index in [1.165, 1.54) is 5.69 Å². The van der Waals surface area contributed by atoms with Gasteiger partial charge in [0.2, 0.25) is 0 Å². The van der Waals surface area contributed by atoms with Gasteiger partial charge in [-0.3, -0.25) is 9.69 Å². The van der Waals surface area contributed by atoms with Crippen molar-refractivity contribution in [3.63, 3.8) is 0 Å². The Labute approximate surface area is 178 Å². The lowest BCUT2D eigenvalue weighted by molar-refractivity contribution is -0.114. The molecule has 0 saturated carbocycles. The first kappa shape index (κ1) is 20.9. The molecule has 2 aromatic rings. The molecule has 1 fully saturated rings. The van der Waals surface area contributed by atoms with Gasteiger partial charge in [-0.1, -0.05) is 12.1 Å². The Balaban J connectivity index is 1.85. The second-order valence-corrected chi connectivity index (χ2v) is 7.07. The monoisotopic (exact) mass is 409 g/mol. The molecule has 6 heteroatoms. The van der Waals surface area contributed by atoms with Crippen LogP contribution < -0.4 is 14.5 Å². The average Bonchev–Trinajstić information content (AvgIpc) is 2.94. The van der Waals surface area contributed by atoms with Gasteiger partial charge in [0.05, 0.1) is 12.3 Å². The van der Waals surface area contributed by atoms with Gasteiger partial charge in [-0.25, -0.2) is 0 Å². The molecule has 0 aliphatic carbocycles. The Hall–Kier alpha value is -2.86. The van der Waals surface area contributed by atoms with Crippen LogP contribution in [0.1, 0.15) is 26.3 Å². The Morgan fingerprint density at radius 2 is 1.62 bits per heavy atom. The largest absolute Gasteiger partial charge is 0.494 e. The normalized spacial score (nSPS) is 15.4. The summed E-state index contributed by atoms with van der Waals surface area (Å²) in [5, 5.41) is 0.463. The molecule has 1 aliphatic rings. The number of amides is 1. The fraction of sp³-hybridized carbons (Fsp3) is 0.304. The summed E-state index contributed by atoms with van der Waals surface area (Å²) in [5.41, 5.74) is 3.43. The number of ether oxygens (including phenoxy) is 1. The van der Waals surface area contributed by atoms with Crippen molar-refractivity contribution in [1.29, 1.82) is 0 Å². The number of hydrogen-bond donors (Lipinski definition) is 0. The number of thiocarbonyl (C=S) groups is 1. The molecule has 1 saturated heterocycles. The highest BCUT2D eigenvalue weighted by atomic mass is 32.1. The van der Waals surface area contributed by atoms with Gasteiger partial charge in [-0.15, -0.1) is 0 Å². The molecule has 0 radical (unpaired) electrons. The third-order valence-electron chi connectivity index (χ3n) is 4.99. The summed E-state index contributed by atoms with van der Waals surface area (Å²) in [4.78, 5) is 18.7. The first-order valence-corrected chi connectivity index (χ1v) is 10.3. The summed E-state index contributed by atoms with van der Waals surface area (Å²) in [5.74, 6) is 0.640. The van der Waals surface area contributed by atoms with Gasteiger partial charge in [0.25, 0.3) is 5.91 Å². The van der Waals surface area contributed by atoms with Crippen molar-refractivity contribution < 1.29 is 9.53 Å². The van der Waals surface area contributed by atoms with Crippen molar-refractivity contribution in [3.8, 4) is 5.75 Å². The topological polar surface area (TPSA) is 36.0 Å². The molecule has 152 valence electrons. The van der Waals surface area contributed by atoms with Crippen LogP contribution in [0.5, 0.6) is 5.75 Å². The third kappa shape index (κ3) is 4.27. The van der Waals surface area contributed by atoms with Gasteiger partial charge < -0.3 is 14.5 Å². The Morgan fingerprint density at radius 3 is 2.17 bits per heavy atom. The van der Waals surface area contributed by atoms with Crippen LogP contribution in [0, 0.1) is 0 Å². The number of carbonyl (C=O) groups is 1. The lowest BCUT2D eigenvalue weighted by Gasteiger charge is -2.21. The molecule has 0 bridgehead atoms. The van der Waals surface area contributed by atoms with E-state index in [4.69, 9.17) is 17.0 Å². The van der Waals surface area contributed by atoms with Crippen molar-refractivity contribution in [3.05, 3.63) is 59.8 Å². The van der Waals surface area contributed by atoms with Gasteiger partial charge in [0, 0.05) is 25.8 Å². The molecular weight excluding hydrogens is 382 g/mol. The second kappa shape index (κ2) is 9.09. The van der Waals surface area contributed by atoms with E-state index in [0.717, 1.165) is 30.1 Å². The van der Waals surface area contributed by atoms with Crippen LogP contribution in [0.2, 0.25) is 0 Å². The number of rotatable bonds is 7. The average molecular weight is 410 g/mol. The smallest absolute Gasteiger partial charge is 0.281 e. The summed E-state index contributed by atoms with van der Waals surface area (Å²) in [6, 6.07) is 15.6. The summed E-state index contributed by atoms with van der Waals surface area (Å²) in [7, 11) is 1.82. The maximum Gasteiger partial charge on any atom is 0.281 e. The Bertz CT molecular complexity index is 903. The van der Waals surface area contributed by atoms with Crippen molar-refractivity contribution in [2.45, 2.75) is 20.8 Å². The maximum atomic E-state index is 13.1. The molecule has 5 nitrogen and oxygen atoms in total. The van der Waals surface area contributed by atoms with E-state index in [1.54, 1.807) is 9.80 Å². The number of hydrogen-bond acceptors (Lipinski definition) is 4. The van der Waals surface area contributed by atoms with Crippen molar-refractivity contribution >= 4 is 40.7 Å². The predicted molar refractivity (Wildman–Crippen MR) is 123 cm³/mol. The minimum absolute atomic E-state index is 0.130. The van der Waals surface area contributed by atoms with Gasteiger partial charge in [-0.05, 0) is 81.0 Å². The third-order valence-corrected chi connectivity index (χ3v) is 5.45. The van der Waals surface area contributed by atoms with Crippen LogP contribution in [0.4, 0.5) is 11.4 Å². The van der Waals surface area contributed by atoms with E-state index in [2.05, 4.69) is 30.9 Å². The number of nitrogens with zero attached hydrogens (tertiary/aromatic N) is 3. The zero-order valence-electron chi connectivity index (χ0n) is 17.4. The Kier molecular flexibility index (Phi) is 6.54. The van der Waals surface area contributed by atoms with Crippen molar-refractivity contribution in [1.82, 2.24) is 4.90 Å². The van der Waals surface area contributed by atoms with E-state index in [1.807, 2.05) is 56.4 Å². The minimum atomic E-state index is -0.130. The standard InChI is InChI=1S/C23H27N3O2S/c1-5-25(6-2)18-10-8-17(9-11-18)16-21-22(27)26(23(29)24(21)4)19-12-14-20(15-13-19)28-7-3/h8-16H,5-7H2,1-4H3/b21-16-. The van der Waals surface area contributed by atoms with Gasteiger partial charge >= 0.3 is 0 Å². The van der Waals surface area contributed by atoms with Crippen LogP contribution in [0.25, 0.3) is 6.08 Å². The number of benzene rings is 2. The zero-order valence-corrected chi connectivity index (χ0v) is 18.2. The zero-order chi connectivity index (χ0) is 21.0. The van der Waals surface area contributed by atoms with Gasteiger partial charge in [-0.2, -0.15) is 0 Å². The van der Waals surface area contributed by atoms with E-state index < -0.39 is 0 Å². The summed E-state index contributed by atoms with van der Waals surface area (Å²) < 4.78 is 5.48. The van der Waals surface area contributed by atoms with Crippen LogP contribution in [0.3, 0.4) is 0 Å². The molecule has 0 aromatic heterocycles. The SMILES string of the molecule is CCOc1ccc(N2C(=O)/C(=C/c3ccc(N(CC)CC)cc3)N(C)C2=S)cc1. The van der Waals surface area contributed by atoms with Crippen molar-refractivity contribution in [2.75, 3.05) is 36.5 Å². The molecule has 2 aromatic carbocycles. The lowest BCUT2D eigenvalue weighted by Crippen LogP contribution is -2.31. The van der Waals surface area contributed by atoms with Crippen LogP contribution in [-0.2, 0) is 4.79 Å². The number of likely N-dealkylation sites (N-methyl/N-ethyl adjacent to an activating group) is 1. The molecule has 1 heterocycles. The molecule has 3 rings (SSSR count). The first-order chi connectivity index (χ1) is 14.0. The second-order valence-electron chi connectivity index (χ2n) is 6.70. The molecule has 0 unspecified atom stereocenters. The van der Waals surface area contributed by atoms with E-state index in [9.17, 15) is 4.79 Å². The summed E-state index contributed by atoms with van der Waals surface area (Å²) in [6.45, 7) is 8.74. The minimum Gasteiger partial charge on any atom is -0.494 e. The maximum absolute atomic E-state index is 13.1. The molecule has 1 aliphatic heterocycles. The molecular formula is C23H27N3O2S.